The van der Waals surface area contributed by atoms with Crippen LogP contribution >= 0.6 is 23.2 Å². The average molecular weight is 402 g/mol. The highest BCUT2D eigenvalue weighted by atomic mass is 35.5. The first kappa shape index (κ1) is 20.4. The van der Waals surface area contributed by atoms with Gasteiger partial charge in [0.2, 0.25) is 0 Å². The Kier molecular flexibility index (Phi) is 6.39. The maximum absolute atomic E-state index is 12.6. The largest absolute Gasteiger partial charge is 0.465 e. The summed E-state index contributed by atoms with van der Waals surface area (Å²) in [7, 11) is 0. The molecule has 26 heavy (non-hydrogen) atoms. The van der Waals surface area contributed by atoms with E-state index in [9.17, 15) is 24.8 Å². The molecule has 1 N–H and O–H groups in total. The van der Waals surface area contributed by atoms with Crippen LogP contribution in [0.25, 0.3) is 0 Å². The monoisotopic (exact) mass is 401 g/mol. The van der Waals surface area contributed by atoms with Crippen LogP contribution in [0.5, 0.6) is 0 Å². The van der Waals surface area contributed by atoms with E-state index in [0.717, 1.165) is 0 Å². The fourth-order valence-electron chi connectivity index (χ4n) is 3.20. The third kappa shape index (κ3) is 4.41. The molecule has 0 aliphatic heterocycles. The first-order valence-corrected chi connectivity index (χ1v) is 8.63. The van der Waals surface area contributed by atoms with Crippen molar-refractivity contribution in [1.82, 2.24) is 0 Å². The number of aliphatic hydroxyl groups is 1. The van der Waals surface area contributed by atoms with Gasteiger partial charge in [0.1, 0.15) is 10.4 Å². The number of rotatable bonds is 5. The molecule has 2 rings (SSSR count). The third-order valence-electron chi connectivity index (χ3n) is 4.29. The van der Waals surface area contributed by atoms with Crippen molar-refractivity contribution < 1.29 is 24.4 Å². The van der Waals surface area contributed by atoms with E-state index in [2.05, 4.69) is 0 Å². The molecule has 7 nitrogen and oxygen atoms in total. The van der Waals surface area contributed by atoms with Crippen molar-refractivity contribution in [1.29, 1.82) is 0 Å². The zero-order valence-electron chi connectivity index (χ0n) is 13.9. The molecule has 9 heteroatoms. The summed E-state index contributed by atoms with van der Waals surface area (Å²) in [5.74, 6) is -3.19. The second-order valence-corrected chi connectivity index (χ2v) is 7.04. The van der Waals surface area contributed by atoms with Gasteiger partial charge in [-0.15, -0.1) is 0 Å². The van der Waals surface area contributed by atoms with Crippen LogP contribution in [0.1, 0.15) is 25.3 Å². The van der Waals surface area contributed by atoms with Crippen molar-refractivity contribution >= 4 is 40.6 Å². The third-order valence-corrected chi connectivity index (χ3v) is 4.54. The molecular weight excluding hydrogens is 385 g/mol. The van der Waals surface area contributed by atoms with Crippen molar-refractivity contribution in [2.45, 2.75) is 25.4 Å². The molecule has 3 unspecified atom stereocenters. The number of nitro groups is 1. The molecule has 0 saturated heterocycles. The first-order chi connectivity index (χ1) is 12.2. The summed E-state index contributed by atoms with van der Waals surface area (Å²) in [6, 6.07) is 5.41. The summed E-state index contributed by atoms with van der Waals surface area (Å²) >= 11 is 11.4. The first-order valence-electron chi connectivity index (χ1n) is 7.87. The van der Waals surface area contributed by atoms with Crippen LogP contribution in [-0.4, -0.2) is 28.4 Å². The highest BCUT2D eigenvalue weighted by Crippen LogP contribution is 2.43. The molecular formula is C17H17Cl2NO6. The van der Waals surface area contributed by atoms with Crippen LogP contribution in [0.2, 0.25) is 0 Å². The SMILES string of the molecule is CCOC(=O)C1C(=O)CC(O)(c2cccc([N+](=O)[O-])c2)CC1C=C(Cl)Cl. The fraction of sp³-hybridized carbons (Fsp3) is 0.412. The number of nitrogens with zero attached hydrogens (tertiary/aromatic N) is 1. The summed E-state index contributed by atoms with van der Waals surface area (Å²) in [5.41, 5.74) is -1.68. The normalized spacial score (nSPS) is 25.5. The molecule has 0 radical (unpaired) electrons. The van der Waals surface area contributed by atoms with Crippen molar-refractivity contribution in [3.05, 3.63) is 50.5 Å². The van der Waals surface area contributed by atoms with Crippen molar-refractivity contribution in [2.24, 2.45) is 11.8 Å². The van der Waals surface area contributed by atoms with E-state index < -0.39 is 34.1 Å². The molecule has 1 saturated carbocycles. The molecule has 1 aromatic rings. The Hall–Kier alpha value is -1.96. The average Bonchev–Trinajstić information content (AvgIpc) is 2.54. The number of nitro benzene ring substituents is 1. The summed E-state index contributed by atoms with van der Waals surface area (Å²) in [5, 5.41) is 22.0. The fourth-order valence-corrected chi connectivity index (χ4v) is 3.52. The predicted molar refractivity (Wildman–Crippen MR) is 94.6 cm³/mol. The van der Waals surface area contributed by atoms with Crippen molar-refractivity contribution in [2.75, 3.05) is 6.61 Å². The molecule has 0 bridgehead atoms. The van der Waals surface area contributed by atoms with Gasteiger partial charge in [-0.05, 0) is 25.0 Å². The maximum Gasteiger partial charge on any atom is 0.317 e. The molecule has 0 spiro atoms. The quantitative estimate of drug-likeness (QED) is 0.351. The number of carbonyl (C=O) groups excluding carboxylic acids is 2. The second kappa shape index (κ2) is 8.16. The Morgan fingerprint density at radius 2 is 2.19 bits per heavy atom. The van der Waals surface area contributed by atoms with Gasteiger partial charge < -0.3 is 9.84 Å². The topological polar surface area (TPSA) is 107 Å². The number of Topliss-reactive ketones (excluding diaryl/α,β-unsaturated/α-hetero) is 1. The Bertz CT molecular complexity index is 761. The number of halogens is 2. The number of non-ortho nitro benzene ring substituents is 1. The number of hydrogen-bond acceptors (Lipinski definition) is 6. The standard InChI is InChI=1S/C17H17Cl2NO6/c1-2-26-16(22)15-10(6-14(18)19)8-17(23,9-13(15)21)11-4-3-5-12(7-11)20(24)25/h3-7,10,15,23H,2,8-9H2,1H3. The number of esters is 1. The second-order valence-electron chi connectivity index (χ2n) is 6.04. The molecule has 0 aromatic heterocycles. The van der Waals surface area contributed by atoms with Gasteiger partial charge in [-0.2, -0.15) is 0 Å². The minimum absolute atomic E-state index is 0.0632. The minimum Gasteiger partial charge on any atom is -0.465 e. The van der Waals surface area contributed by atoms with Gasteiger partial charge >= 0.3 is 5.97 Å². The summed E-state index contributed by atoms with van der Waals surface area (Å²) in [6.45, 7) is 1.72. The van der Waals surface area contributed by atoms with Crippen LogP contribution in [0, 0.1) is 22.0 Å². The van der Waals surface area contributed by atoms with Crippen molar-refractivity contribution in [3.8, 4) is 0 Å². The summed E-state index contributed by atoms with van der Waals surface area (Å²) in [4.78, 5) is 35.1. The number of ketones is 1. The highest BCUT2D eigenvalue weighted by molar-refractivity contribution is 6.55. The Morgan fingerprint density at radius 3 is 2.77 bits per heavy atom. The zero-order chi connectivity index (χ0) is 19.5. The van der Waals surface area contributed by atoms with Crippen LogP contribution in [0.3, 0.4) is 0 Å². The molecule has 1 aromatic carbocycles. The number of benzene rings is 1. The van der Waals surface area contributed by atoms with Crippen molar-refractivity contribution in [3.63, 3.8) is 0 Å². The smallest absolute Gasteiger partial charge is 0.317 e. The van der Waals surface area contributed by atoms with E-state index in [0.29, 0.717) is 0 Å². The Morgan fingerprint density at radius 1 is 1.50 bits per heavy atom. The maximum atomic E-state index is 12.6. The highest BCUT2D eigenvalue weighted by Gasteiger charge is 2.48. The number of carbonyl (C=O) groups is 2. The van der Waals surface area contributed by atoms with Crippen LogP contribution in [0.15, 0.2) is 34.8 Å². The van der Waals surface area contributed by atoms with E-state index in [-0.39, 0.29) is 35.2 Å². The number of hydrogen-bond donors (Lipinski definition) is 1. The molecule has 3 atom stereocenters. The lowest BCUT2D eigenvalue weighted by Crippen LogP contribution is -2.45. The van der Waals surface area contributed by atoms with Gasteiger partial charge in [-0.1, -0.05) is 35.3 Å². The van der Waals surface area contributed by atoms with Crippen LogP contribution in [-0.2, 0) is 19.9 Å². The number of ether oxygens (including phenoxy) is 1. The van der Waals surface area contributed by atoms with Gasteiger partial charge in [-0.3, -0.25) is 19.7 Å². The molecule has 1 fully saturated rings. The van der Waals surface area contributed by atoms with E-state index in [1.807, 2.05) is 0 Å². The van der Waals surface area contributed by atoms with E-state index >= 15 is 0 Å². The zero-order valence-corrected chi connectivity index (χ0v) is 15.4. The van der Waals surface area contributed by atoms with Gasteiger partial charge in [0.25, 0.3) is 5.69 Å². The molecule has 140 valence electrons. The molecule has 0 heterocycles. The number of allylic oxidation sites excluding steroid dienone is 1. The predicted octanol–water partition coefficient (Wildman–Crippen LogP) is 3.26. The Labute approximate surface area is 159 Å². The van der Waals surface area contributed by atoms with Gasteiger partial charge in [-0.25, -0.2) is 0 Å². The van der Waals surface area contributed by atoms with E-state index in [1.54, 1.807) is 6.92 Å². The lowest BCUT2D eigenvalue weighted by Gasteiger charge is -2.38. The lowest BCUT2D eigenvalue weighted by molar-refractivity contribution is -0.385. The molecule has 1 aliphatic rings. The minimum atomic E-state index is -1.68. The van der Waals surface area contributed by atoms with Gasteiger partial charge in [0, 0.05) is 24.5 Å². The summed E-state index contributed by atoms with van der Waals surface area (Å²) in [6.07, 6.45) is 0.873. The van der Waals surface area contributed by atoms with E-state index in [1.165, 1.54) is 30.3 Å². The van der Waals surface area contributed by atoms with Crippen LogP contribution < -0.4 is 0 Å². The lowest BCUT2D eigenvalue weighted by atomic mass is 9.68. The van der Waals surface area contributed by atoms with E-state index in [4.69, 9.17) is 27.9 Å². The van der Waals surface area contributed by atoms with Crippen LogP contribution in [0.4, 0.5) is 5.69 Å². The summed E-state index contributed by atoms with van der Waals surface area (Å²) < 4.78 is 4.79. The van der Waals surface area contributed by atoms with Gasteiger partial charge in [0.05, 0.1) is 17.1 Å². The molecule has 1 aliphatic carbocycles. The van der Waals surface area contributed by atoms with Gasteiger partial charge in [0.15, 0.2) is 5.78 Å². The Balaban J connectivity index is 2.43. The molecule has 0 amide bonds.